The summed E-state index contributed by atoms with van der Waals surface area (Å²) in [6.07, 6.45) is 0. The van der Waals surface area contributed by atoms with Crippen LogP contribution in [-0.4, -0.2) is 58.5 Å². The van der Waals surface area contributed by atoms with Gasteiger partial charge in [-0.25, -0.2) is 13.2 Å². The number of methoxy groups -OCH3 is 2. The van der Waals surface area contributed by atoms with Crippen molar-refractivity contribution < 1.29 is 32.2 Å². The van der Waals surface area contributed by atoms with Crippen LogP contribution >= 0.6 is 0 Å². The third-order valence-corrected chi connectivity index (χ3v) is 6.80. The molecule has 2 rings (SSSR count). The van der Waals surface area contributed by atoms with Crippen LogP contribution in [0.5, 0.6) is 11.5 Å². The van der Waals surface area contributed by atoms with Crippen molar-refractivity contribution in [2.75, 3.05) is 33.9 Å². The Balaban J connectivity index is 2.07. The molecule has 2 aromatic rings. The van der Waals surface area contributed by atoms with Crippen LogP contribution in [0, 0.1) is 0 Å². The number of sulfonamides is 1. The van der Waals surface area contributed by atoms with Crippen molar-refractivity contribution >= 4 is 21.9 Å². The number of amides is 1. The van der Waals surface area contributed by atoms with E-state index in [1.807, 2.05) is 12.1 Å². The number of benzene rings is 2. The van der Waals surface area contributed by atoms with E-state index in [0.29, 0.717) is 5.75 Å². The van der Waals surface area contributed by atoms with Crippen LogP contribution in [-0.2, 0) is 26.1 Å². The molecular weight excluding hydrogens is 436 g/mol. The van der Waals surface area contributed by atoms with E-state index in [1.165, 1.54) is 36.7 Å². The van der Waals surface area contributed by atoms with E-state index >= 15 is 0 Å². The maximum absolute atomic E-state index is 12.9. The summed E-state index contributed by atoms with van der Waals surface area (Å²) in [5.74, 6) is -0.585. The monoisotopic (exact) mass is 464 g/mol. The standard InChI is InChI=1S/C22H28N2O7S/c1-5-24(6-2)32(27,28)20-13-16(11-12-19(20)30-4)22(26)31-15-21(25)23-14-17-9-7-8-10-18(17)29-3/h7-13H,5-6,14-15H2,1-4H3,(H,23,25). The van der Waals surface area contributed by atoms with Crippen LogP contribution in [0.3, 0.4) is 0 Å². The second kappa shape index (κ2) is 11.5. The fourth-order valence-corrected chi connectivity index (χ4v) is 4.66. The van der Waals surface area contributed by atoms with Crippen molar-refractivity contribution in [1.29, 1.82) is 0 Å². The predicted octanol–water partition coefficient (Wildman–Crippen LogP) is 2.21. The molecule has 0 radical (unpaired) electrons. The summed E-state index contributed by atoms with van der Waals surface area (Å²) in [5.41, 5.74) is 0.769. The summed E-state index contributed by atoms with van der Waals surface area (Å²) in [7, 11) is -0.986. The summed E-state index contributed by atoms with van der Waals surface area (Å²) in [5, 5.41) is 2.65. The minimum Gasteiger partial charge on any atom is -0.496 e. The number of hydrogen-bond acceptors (Lipinski definition) is 7. The number of rotatable bonds is 11. The van der Waals surface area contributed by atoms with Gasteiger partial charge in [-0.15, -0.1) is 0 Å². The molecule has 0 aliphatic rings. The fraction of sp³-hybridized carbons (Fsp3) is 0.364. The number of carbonyl (C=O) groups is 2. The van der Waals surface area contributed by atoms with Gasteiger partial charge < -0.3 is 19.5 Å². The Bertz CT molecular complexity index is 1050. The third-order valence-electron chi connectivity index (χ3n) is 4.73. The topological polar surface area (TPSA) is 111 Å². The zero-order valence-corrected chi connectivity index (χ0v) is 19.4. The summed E-state index contributed by atoms with van der Waals surface area (Å²) in [6, 6.07) is 11.2. The maximum Gasteiger partial charge on any atom is 0.338 e. The highest BCUT2D eigenvalue weighted by Crippen LogP contribution is 2.28. The molecule has 0 aliphatic heterocycles. The number of nitrogens with one attached hydrogen (secondary N) is 1. The van der Waals surface area contributed by atoms with E-state index < -0.39 is 28.5 Å². The minimum absolute atomic E-state index is 0.00550. The van der Waals surface area contributed by atoms with Crippen molar-refractivity contribution in [3.05, 3.63) is 53.6 Å². The highest BCUT2D eigenvalue weighted by atomic mass is 32.2. The first kappa shape index (κ1) is 25.2. The highest BCUT2D eigenvalue weighted by Gasteiger charge is 2.27. The van der Waals surface area contributed by atoms with Crippen molar-refractivity contribution in [3.8, 4) is 11.5 Å². The largest absolute Gasteiger partial charge is 0.496 e. The van der Waals surface area contributed by atoms with E-state index in [1.54, 1.807) is 26.0 Å². The molecular formula is C22H28N2O7S. The van der Waals surface area contributed by atoms with Gasteiger partial charge in [0, 0.05) is 25.2 Å². The zero-order valence-electron chi connectivity index (χ0n) is 18.6. The average molecular weight is 465 g/mol. The van der Waals surface area contributed by atoms with E-state index in [9.17, 15) is 18.0 Å². The lowest BCUT2D eigenvalue weighted by molar-refractivity contribution is -0.124. The molecule has 0 bridgehead atoms. The lowest BCUT2D eigenvalue weighted by atomic mass is 10.2. The Labute approximate surface area is 188 Å². The van der Waals surface area contributed by atoms with Crippen molar-refractivity contribution in [3.63, 3.8) is 0 Å². The molecule has 0 atom stereocenters. The van der Waals surface area contributed by atoms with Crippen LogP contribution in [0.15, 0.2) is 47.4 Å². The van der Waals surface area contributed by atoms with Gasteiger partial charge in [0.15, 0.2) is 6.61 Å². The molecule has 1 N–H and O–H groups in total. The Kier molecular flexibility index (Phi) is 9.03. The lowest BCUT2D eigenvalue weighted by Gasteiger charge is -2.20. The van der Waals surface area contributed by atoms with Gasteiger partial charge >= 0.3 is 5.97 Å². The van der Waals surface area contributed by atoms with Crippen molar-refractivity contribution in [2.45, 2.75) is 25.3 Å². The first-order chi connectivity index (χ1) is 15.3. The predicted molar refractivity (Wildman–Crippen MR) is 118 cm³/mol. The Morgan fingerprint density at radius 3 is 2.25 bits per heavy atom. The quantitative estimate of drug-likeness (QED) is 0.508. The number of carbonyl (C=O) groups excluding carboxylic acids is 2. The van der Waals surface area contributed by atoms with Gasteiger partial charge in [-0.1, -0.05) is 32.0 Å². The first-order valence-electron chi connectivity index (χ1n) is 10.0. The molecule has 2 aromatic carbocycles. The van der Waals surface area contributed by atoms with Crippen LogP contribution in [0.25, 0.3) is 0 Å². The van der Waals surface area contributed by atoms with Crippen LogP contribution in [0.4, 0.5) is 0 Å². The molecule has 0 fully saturated rings. The SMILES string of the molecule is CCN(CC)S(=O)(=O)c1cc(C(=O)OCC(=O)NCc2ccccc2OC)ccc1OC. The molecule has 174 valence electrons. The smallest absolute Gasteiger partial charge is 0.338 e. The molecule has 1 amide bonds. The van der Waals surface area contributed by atoms with Crippen LogP contribution in [0.1, 0.15) is 29.8 Å². The molecule has 0 unspecified atom stereocenters. The molecule has 0 saturated heterocycles. The molecule has 9 nitrogen and oxygen atoms in total. The van der Waals surface area contributed by atoms with Gasteiger partial charge in [0.25, 0.3) is 5.91 Å². The number of esters is 1. The first-order valence-corrected chi connectivity index (χ1v) is 11.5. The van der Waals surface area contributed by atoms with E-state index in [-0.39, 0.29) is 35.8 Å². The summed E-state index contributed by atoms with van der Waals surface area (Å²) in [4.78, 5) is 24.4. The second-order valence-corrected chi connectivity index (χ2v) is 8.53. The van der Waals surface area contributed by atoms with Gasteiger partial charge in [0.05, 0.1) is 19.8 Å². The number of hydrogen-bond donors (Lipinski definition) is 1. The van der Waals surface area contributed by atoms with Gasteiger partial charge in [-0.05, 0) is 24.3 Å². The van der Waals surface area contributed by atoms with Crippen molar-refractivity contribution in [1.82, 2.24) is 9.62 Å². The normalized spacial score (nSPS) is 11.2. The van der Waals surface area contributed by atoms with Crippen LogP contribution < -0.4 is 14.8 Å². The molecule has 0 aromatic heterocycles. The molecule has 0 spiro atoms. The van der Waals surface area contributed by atoms with E-state index in [2.05, 4.69) is 5.32 Å². The molecule has 10 heteroatoms. The fourth-order valence-electron chi connectivity index (χ4n) is 3.02. The molecule has 0 heterocycles. The van der Waals surface area contributed by atoms with Crippen LogP contribution in [0.2, 0.25) is 0 Å². The number of para-hydroxylation sites is 1. The third kappa shape index (κ3) is 5.98. The van der Waals surface area contributed by atoms with Gasteiger partial charge in [0.2, 0.25) is 10.0 Å². The van der Waals surface area contributed by atoms with Gasteiger partial charge in [-0.3, -0.25) is 4.79 Å². The molecule has 0 saturated carbocycles. The maximum atomic E-state index is 12.9. The summed E-state index contributed by atoms with van der Waals surface area (Å²) >= 11 is 0. The zero-order chi connectivity index (χ0) is 23.7. The van der Waals surface area contributed by atoms with E-state index in [0.717, 1.165) is 5.56 Å². The Morgan fingerprint density at radius 2 is 1.62 bits per heavy atom. The second-order valence-electron chi connectivity index (χ2n) is 6.62. The summed E-state index contributed by atoms with van der Waals surface area (Å²) < 4.78 is 42.5. The molecule has 0 aliphatic carbocycles. The highest BCUT2D eigenvalue weighted by molar-refractivity contribution is 7.89. The van der Waals surface area contributed by atoms with Crippen molar-refractivity contribution in [2.24, 2.45) is 0 Å². The van der Waals surface area contributed by atoms with Gasteiger partial charge in [-0.2, -0.15) is 4.31 Å². The Hall–Kier alpha value is -3.11. The van der Waals surface area contributed by atoms with Gasteiger partial charge in [0.1, 0.15) is 16.4 Å². The lowest BCUT2D eigenvalue weighted by Crippen LogP contribution is -2.31. The number of nitrogens with zero attached hydrogens (tertiary/aromatic N) is 1. The summed E-state index contributed by atoms with van der Waals surface area (Å²) in [6.45, 7) is 3.66. The Morgan fingerprint density at radius 1 is 0.969 bits per heavy atom. The van der Waals surface area contributed by atoms with E-state index in [4.69, 9.17) is 14.2 Å². The molecule has 32 heavy (non-hydrogen) atoms. The minimum atomic E-state index is -3.87. The number of ether oxygens (including phenoxy) is 3. The average Bonchev–Trinajstić information content (AvgIpc) is 2.81.